The Morgan fingerprint density at radius 1 is 1.15 bits per heavy atom. The SMILES string of the molecule is O=C(C1CCN(c2nccc(C(F)(F)F)n2)C1)N1CCc2ccccc21. The normalized spacial score (nSPS) is 19.7. The summed E-state index contributed by atoms with van der Waals surface area (Å²) in [6, 6.07) is 8.66. The molecule has 5 nitrogen and oxygen atoms in total. The van der Waals surface area contributed by atoms with Crippen molar-refractivity contribution in [2.24, 2.45) is 5.92 Å². The molecule has 2 aliphatic heterocycles. The highest BCUT2D eigenvalue weighted by molar-refractivity contribution is 5.97. The van der Waals surface area contributed by atoms with Gasteiger partial charge in [-0.1, -0.05) is 18.2 Å². The number of hydrogen-bond acceptors (Lipinski definition) is 4. The number of nitrogens with zero attached hydrogens (tertiary/aromatic N) is 4. The van der Waals surface area contributed by atoms with Crippen LogP contribution in [0.25, 0.3) is 0 Å². The van der Waals surface area contributed by atoms with Crippen molar-refractivity contribution in [1.82, 2.24) is 9.97 Å². The van der Waals surface area contributed by atoms with E-state index < -0.39 is 11.9 Å². The largest absolute Gasteiger partial charge is 0.433 e. The lowest BCUT2D eigenvalue weighted by atomic mass is 10.1. The molecule has 0 aliphatic carbocycles. The smallest absolute Gasteiger partial charge is 0.340 e. The van der Waals surface area contributed by atoms with E-state index in [1.54, 1.807) is 9.80 Å². The number of aromatic nitrogens is 2. The molecule has 3 heterocycles. The molecule has 0 N–H and O–H groups in total. The standard InChI is InChI=1S/C18H17F3N4O/c19-18(20,21)15-5-8-22-17(23-15)24-9-6-13(11-24)16(26)25-10-7-12-3-1-2-4-14(12)25/h1-5,8,13H,6-7,9-11H2. The molecule has 4 rings (SSSR count). The third kappa shape index (κ3) is 3.00. The molecule has 0 spiro atoms. The van der Waals surface area contributed by atoms with Crippen molar-refractivity contribution in [2.45, 2.75) is 19.0 Å². The maximum absolute atomic E-state index is 12.9. The third-order valence-corrected chi connectivity index (χ3v) is 4.91. The van der Waals surface area contributed by atoms with Crippen LogP contribution in [0.4, 0.5) is 24.8 Å². The van der Waals surface area contributed by atoms with Crippen molar-refractivity contribution < 1.29 is 18.0 Å². The molecule has 1 atom stereocenters. The van der Waals surface area contributed by atoms with Crippen LogP contribution >= 0.6 is 0 Å². The number of carbonyl (C=O) groups excluding carboxylic acids is 1. The van der Waals surface area contributed by atoms with Crippen molar-refractivity contribution in [1.29, 1.82) is 0 Å². The van der Waals surface area contributed by atoms with Crippen molar-refractivity contribution in [3.05, 3.63) is 47.8 Å². The summed E-state index contributed by atoms with van der Waals surface area (Å²) < 4.78 is 38.5. The Bertz CT molecular complexity index is 839. The lowest BCUT2D eigenvalue weighted by Gasteiger charge is -2.22. The first kappa shape index (κ1) is 16.8. The second-order valence-electron chi connectivity index (χ2n) is 6.54. The molecule has 0 radical (unpaired) electrons. The lowest BCUT2D eigenvalue weighted by Crippen LogP contribution is -2.36. The van der Waals surface area contributed by atoms with Gasteiger partial charge in [0.1, 0.15) is 5.69 Å². The Morgan fingerprint density at radius 2 is 1.96 bits per heavy atom. The van der Waals surface area contributed by atoms with Gasteiger partial charge >= 0.3 is 6.18 Å². The molecule has 8 heteroatoms. The van der Waals surface area contributed by atoms with E-state index in [4.69, 9.17) is 0 Å². The number of fused-ring (bicyclic) bond motifs is 1. The van der Waals surface area contributed by atoms with E-state index >= 15 is 0 Å². The van der Waals surface area contributed by atoms with E-state index in [-0.39, 0.29) is 17.8 Å². The Kier molecular flexibility index (Phi) is 4.05. The average Bonchev–Trinajstić information content (AvgIpc) is 3.28. The summed E-state index contributed by atoms with van der Waals surface area (Å²) in [4.78, 5) is 23.9. The zero-order valence-electron chi connectivity index (χ0n) is 13.9. The topological polar surface area (TPSA) is 49.3 Å². The second kappa shape index (κ2) is 6.26. The molecule has 0 saturated carbocycles. The van der Waals surface area contributed by atoms with Gasteiger partial charge in [-0.2, -0.15) is 13.2 Å². The molecule has 136 valence electrons. The van der Waals surface area contributed by atoms with E-state index in [0.29, 0.717) is 26.1 Å². The number of anilines is 2. The third-order valence-electron chi connectivity index (χ3n) is 4.91. The van der Waals surface area contributed by atoms with Gasteiger partial charge in [0.15, 0.2) is 0 Å². The maximum atomic E-state index is 12.9. The Balaban J connectivity index is 1.49. The summed E-state index contributed by atoms with van der Waals surface area (Å²) in [6.07, 6.45) is -1.99. The Labute approximate surface area is 148 Å². The number of amides is 1. The predicted molar refractivity (Wildman–Crippen MR) is 89.9 cm³/mol. The Hall–Kier alpha value is -2.64. The minimum Gasteiger partial charge on any atom is -0.340 e. The minimum absolute atomic E-state index is 0.0180. The van der Waals surface area contributed by atoms with Crippen LogP contribution in [0.15, 0.2) is 36.5 Å². The van der Waals surface area contributed by atoms with Crippen LogP contribution in [-0.2, 0) is 17.4 Å². The number of para-hydroxylation sites is 1. The van der Waals surface area contributed by atoms with Crippen LogP contribution in [0.5, 0.6) is 0 Å². The summed E-state index contributed by atoms with van der Waals surface area (Å²) in [6.45, 7) is 1.45. The quantitative estimate of drug-likeness (QED) is 0.824. The van der Waals surface area contributed by atoms with Gasteiger partial charge in [-0.05, 0) is 30.5 Å². The first-order chi connectivity index (χ1) is 12.4. The molecule has 1 fully saturated rings. The predicted octanol–water partition coefficient (Wildman–Crippen LogP) is 2.91. The molecule has 1 aromatic carbocycles. The first-order valence-electron chi connectivity index (χ1n) is 8.48. The van der Waals surface area contributed by atoms with E-state index in [0.717, 1.165) is 29.9 Å². The molecule has 0 bridgehead atoms. The monoisotopic (exact) mass is 362 g/mol. The summed E-state index contributed by atoms with van der Waals surface area (Å²) in [5.74, 6) is -0.222. The second-order valence-corrected chi connectivity index (χ2v) is 6.54. The van der Waals surface area contributed by atoms with Gasteiger partial charge in [-0.15, -0.1) is 0 Å². The molecule has 1 saturated heterocycles. The minimum atomic E-state index is -4.51. The van der Waals surface area contributed by atoms with Gasteiger partial charge in [0.05, 0.1) is 5.92 Å². The zero-order chi connectivity index (χ0) is 18.3. The Morgan fingerprint density at radius 3 is 2.77 bits per heavy atom. The molecule has 1 aromatic heterocycles. The van der Waals surface area contributed by atoms with Crippen molar-refractivity contribution in [2.75, 3.05) is 29.4 Å². The molecule has 2 aliphatic rings. The van der Waals surface area contributed by atoms with Gasteiger partial charge in [-0.25, -0.2) is 9.97 Å². The van der Waals surface area contributed by atoms with E-state index in [1.807, 2.05) is 24.3 Å². The van der Waals surface area contributed by atoms with Crippen LogP contribution in [0.3, 0.4) is 0 Å². The summed E-state index contributed by atoms with van der Waals surface area (Å²) in [7, 11) is 0. The molecular weight excluding hydrogens is 345 g/mol. The molecular formula is C18H17F3N4O. The number of halogens is 3. The van der Waals surface area contributed by atoms with Crippen LogP contribution < -0.4 is 9.80 Å². The highest BCUT2D eigenvalue weighted by atomic mass is 19.4. The van der Waals surface area contributed by atoms with E-state index in [9.17, 15) is 18.0 Å². The van der Waals surface area contributed by atoms with Gasteiger partial charge in [-0.3, -0.25) is 4.79 Å². The fourth-order valence-corrected chi connectivity index (χ4v) is 3.59. The maximum Gasteiger partial charge on any atom is 0.433 e. The molecule has 26 heavy (non-hydrogen) atoms. The van der Waals surface area contributed by atoms with Crippen molar-refractivity contribution >= 4 is 17.5 Å². The lowest BCUT2D eigenvalue weighted by molar-refractivity contribution is -0.141. The highest BCUT2D eigenvalue weighted by Crippen LogP contribution is 2.32. The summed E-state index contributed by atoms with van der Waals surface area (Å²) >= 11 is 0. The fraction of sp³-hybridized carbons (Fsp3) is 0.389. The summed E-state index contributed by atoms with van der Waals surface area (Å²) in [5, 5.41) is 0. The first-order valence-corrected chi connectivity index (χ1v) is 8.48. The van der Waals surface area contributed by atoms with Crippen molar-refractivity contribution in [3.8, 4) is 0 Å². The fourth-order valence-electron chi connectivity index (χ4n) is 3.59. The van der Waals surface area contributed by atoms with E-state index in [2.05, 4.69) is 9.97 Å². The van der Waals surface area contributed by atoms with Crippen LogP contribution in [-0.4, -0.2) is 35.5 Å². The number of hydrogen-bond donors (Lipinski definition) is 0. The van der Waals surface area contributed by atoms with Gasteiger partial charge < -0.3 is 9.80 Å². The number of rotatable bonds is 2. The van der Waals surface area contributed by atoms with Crippen molar-refractivity contribution in [3.63, 3.8) is 0 Å². The highest BCUT2D eigenvalue weighted by Gasteiger charge is 2.37. The number of benzene rings is 1. The van der Waals surface area contributed by atoms with Gasteiger partial charge in [0.2, 0.25) is 11.9 Å². The van der Waals surface area contributed by atoms with Crippen LogP contribution in [0.1, 0.15) is 17.7 Å². The van der Waals surface area contributed by atoms with Gasteiger partial charge in [0.25, 0.3) is 0 Å². The average molecular weight is 362 g/mol. The number of alkyl halides is 3. The zero-order valence-corrected chi connectivity index (χ0v) is 13.9. The van der Waals surface area contributed by atoms with Crippen LogP contribution in [0.2, 0.25) is 0 Å². The molecule has 1 amide bonds. The van der Waals surface area contributed by atoms with Gasteiger partial charge in [0, 0.05) is 31.5 Å². The molecule has 2 aromatic rings. The summed E-state index contributed by atoms with van der Waals surface area (Å²) in [5.41, 5.74) is 1.12. The molecule has 1 unspecified atom stereocenters. The number of carbonyl (C=O) groups is 1. The van der Waals surface area contributed by atoms with Crippen LogP contribution in [0, 0.1) is 5.92 Å². The van der Waals surface area contributed by atoms with E-state index in [1.165, 1.54) is 0 Å².